The van der Waals surface area contributed by atoms with Gasteiger partial charge >= 0.3 is 0 Å². The Morgan fingerprint density at radius 1 is 0.915 bits per heavy atom. The number of ketones is 1. The highest BCUT2D eigenvalue weighted by Crippen LogP contribution is 2.41. The lowest BCUT2D eigenvalue weighted by Crippen LogP contribution is -2.36. The van der Waals surface area contributed by atoms with E-state index < -0.39 is 11.0 Å². The summed E-state index contributed by atoms with van der Waals surface area (Å²) < 4.78 is 7.68. The second-order valence-electron chi connectivity index (χ2n) is 13.6. The number of nitrogens with zero attached hydrogens (tertiary/aromatic N) is 4. The fraction of sp³-hybridized carbons (Fsp3) is 0.500. The summed E-state index contributed by atoms with van der Waals surface area (Å²) in [5.74, 6) is -0.398. The molecule has 252 valence electrons. The lowest BCUT2D eigenvalue weighted by molar-refractivity contribution is -0.132. The largest absolute Gasteiger partial charge is 0.375 e. The lowest BCUT2D eigenvalue weighted by atomic mass is 9.80. The molecular formula is C36H48N6O5. The van der Waals surface area contributed by atoms with Crippen molar-refractivity contribution in [1.29, 1.82) is 0 Å². The van der Waals surface area contributed by atoms with Crippen LogP contribution in [0, 0.1) is 11.3 Å². The number of carbonyl (C=O) groups excluding carboxylic acids is 4. The van der Waals surface area contributed by atoms with Gasteiger partial charge in [0.2, 0.25) is 17.7 Å². The molecule has 1 aromatic heterocycles. The zero-order valence-corrected chi connectivity index (χ0v) is 28.7. The maximum Gasteiger partial charge on any atom is 0.241 e. The van der Waals surface area contributed by atoms with Crippen LogP contribution >= 0.6 is 0 Å². The number of fused-ring (bicyclic) bond motifs is 5. The molecule has 2 N–H and O–H groups in total. The summed E-state index contributed by atoms with van der Waals surface area (Å²) >= 11 is 0. The third-order valence-corrected chi connectivity index (χ3v) is 8.69. The molecule has 2 heterocycles. The number of carbonyl (C=O) groups is 4. The number of anilines is 1. The zero-order valence-electron chi connectivity index (χ0n) is 28.7. The highest BCUT2D eigenvalue weighted by atomic mass is 16.5. The number of aromatic nitrogens is 3. The van der Waals surface area contributed by atoms with E-state index in [2.05, 4.69) is 20.9 Å². The predicted octanol–water partition coefficient (Wildman–Crippen LogP) is 4.93. The van der Waals surface area contributed by atoms with Gasteiger partial charge in [0.25, 0.3) is 0 Å². The summed E-state index contributed by atoms with van der Waals surface area (Å²) in [6.07, 6.45) is 1.28. The van der Waals surface area contributed by atoms with E-state index in [-0.39, 0.29) is 55.4 Å². The van der Waals surface area contributed by atoms with Crippen molar-refractivity contribution in [3.63, 3.8) is 0 Å². The molecule has 0 saturated heterocycles. The van der Waals surface area contributed by atoms with Crippen LogP contribution in [0.5, 0.6) is 0 Å². The van der Waals surface area contributed by atoms with Crippen LogP contribution in [-0.4, -0.2) is 64.3 Å². The molecule has 4 rings (SSSR count). The highest BCUT2D eigenvalue weighted by Gasteiger charge is 2.31. The number of likely N-dealkylation sites (N-methyl/N-ethyl adjacent to an activating group) is 1. The van der Waals surface area contributed by atoms with Gasteiger partial charge in [0.15, 0.2) is 0 Å². The summed E-state index contributed by atoms with van der Waals surface area (Å²) in [6.45, 7) is 12.8. The molecule has 11 heteroatoms. The Morgan fingerprint density at radius 2 is 1.60 bits per heavy atom. The number of nitrogens with one attached hydrogen (secondary N) is 2. The Morgan fingerprint density at radius 3 is 2.30 bits per heavy atom. The van der Waals surface area contributed by atoms with Gasteiger partial charge in [-0.15, -0.1) is 5.10 Å². The summed E-state index contributed by atoms with van der Waals surface area (Å²) in [5, 5.41) is 14.3. The van der Waals surface area contributed by atoms with Gasteiger partial charge < -0.3 is 20.3 Å². The minimum Gasteiger partial charge on any atom is -0.375 e. The molecule has 2 aromatic carbocycles. The molecule has 0 fully saturated rings. The second-order valence-corrected chi connectivity index (χ2v) is 13.6. The van der Waals surface area contributed by atoms with Crippen LogP contribution in [0.25, 0.3) is 22.5 Å². The monoisotopic (exact) mass is 644 g/mol. The van der Waals surface area contributed by atoms with Gasteiger partial charge in [0.05, 0.1) is 23.5 Å². The first-order valence-electron chi connectivity index (χ1n) is 16.3. The number of ether oxygens (including phenoxy) is 1. The van der Waals surface area contributed by atoms with Crippen molar-refractivity contribution in [1.82, 2.24) is 25.6 Å². The van der Waals surface area contributed by atoms with E-state index >= 15 is 0 Å². The van der Waals surface area contributed by atoms with E-state index in [1.54, 1.807) is 16.6 Å². The molecule has 0 unspecified atom stereocenters. The van der Waals surface area contributed by atoms with E-state index in [0.29, 0.717) is 43.1 Å². The Balaban J connectivity index is 1.40. The van der Waals surface area contributed by atoms with Gasteiger partial charge in [-0.25, -0.2) is 4.68 Å². The lowest BCUT2D eigenvalue weighted by Gasteiger charge is -2.30. The number of rotatable bonds is 14. The molecule has 0 radical (unpaired) electrons. The van der Waals surface area contributed by atoms with Gasteiger partial charge in [0, 0.05) is 55.5 Å². The molecule has 0 bridgehead atoms. The molecule has 11 nitrogen and oxygen atoms in total. The van der Waals surface area contributed by atoms with Crippen LogP contribution in [0.2, 0.25) is 0 Å². The van der Waals surface area contributed by atoms with Crippen molar-refractivity contribution in [2.75, 3.05) is 25.1 Å². The number of hydrogen-bond donors (Lipinski definition) is 2. The number of amides is 3. The van der Waals surface area contributed by atoms with Crippen LogP contribution < -0.4 is 15.5 Å². The molecule has 3 aromatic rings. The molecule has 3 amide bonds. The van der Waals surface area contributed by atoms with Crippen LogP contribution in [-0.2, 0) is 37.0 Å². The summed E-state index contributed by atoms with van der Waals surface area (Å²) in [4.78, 5) is 53.0. The first kappa shape index (κ1) is 35.5. The maximum absolute atomic E-state index is 13.8. The van der Waals surface area contributed by atoms with Crippen LogP contribution in [0.3, 0.4) is 0 Å². The first-order valence-corrected chi connectivity index (χ1v) is 16.3. The van der Waals surface area contributed by atoms with Crippen molar-refractivity contribution in [3.8, 4) is 22.5 Å². The molecule has 0 aliphatic carbocycles. The van der Waals surface area contributed by atoms with Gasteiger partial charge in [-0.1, -0.05) is 75.4 Å². The van der Waals surface area contributed by atoms with Crippen molar-refractivity contribution in [2.24, 2.45) is 11.3 Å². The Labute approximate surface area is 277 Å². The molecule has 1 aliphatic heterocycles. The fourth-order valence-electron chi connectivity index (χ4n) is 5.87. The first-order chi connectivity index (χ1) is 22.2. The average molecular weight is 645 g/mol. The van der Waals surface area contributed by atoms with Crippen LogP contribution in [0.1, 0.15) is 72.8 Å². The van der Waals surface area contributed by atoms with E-state index in [1.807, 2.05) is 90.1 Å². The van der Waals surface area contributed by atoms with Crippen LogP contribution in [0.15, 0.2) is 48.5 Å². The average Bonchev–Trinajstić information content (AvgIpc) is 3.43. The van der Waals surface area contributed by atoms with Crippen molar-refractivity contribution in [3.05, 3.63) is 54.1 Å². The third kappa shape index (κ3) is 8.71. The molecular weight excluding hydrogens is 596 g/mol. The molecule has 0 atom stereocenters. The van der Waals surface area contributed by atoms with E-state index in [9.17, 15) is 19.2 Å². The smallest absolute Gasteiger partial charge is 0.241 e. The summed E-state index contributed by atoms with van der Waals surface area (Å²) in [7, 11) is 1.58. The molecule has 47 heavy (non-hydrogen) atoms. The van der Waals surface area contributed by atoms with Gasteiger partial charge in [0.1, 0.15) is 18.0 Å². The molecule has 1 aliphatic rings. The minimum absolute atomic E-state index is 0.00782. The Bertz CT molecular complexity index is 1610. The van der Waals surface area contributed by atoms with Crippen LogP contribution in [0.4, 0.5) is 5.69 Å². The van der Waals surface area contributed by atoms with E-state index in [0.717, 1.165) is 16.7 Å². The number of hydrogen-bond acceptors (Lipinski definition) is 7. The second kappa shape index (κ2) is 15.0. The number of para-hydroxylation sites is 1. The van der Waals surface area contributed by atoms with E-state index in [1.165, 1.54) is 0 Å². The van der Waals surface area contributed by atoms with Crippen molar-refractivity contribution >= 4 is 29.2 Å². The SMILES string of the molecule is CNC(=O)Cn1nnc2c1-c1ccccc1CN(C(=O)CCC(=O)NCCC(C)(C)OCCC(C)(C)C(=O)C(C)C)c1ccccc1-2. The highest BCUT2D eigenvalue weighted by molar-refractivity contribution is 6.01. The Kier molecular flexibility index (Phi) is 11.3. The normalized spacial score (nSPS) is 12.8. The van der Waals surface area contributed by atoms with Gasteiger partial charge in [-0.2, -0.15) is 0 Å². The summed E-state index contributed by atoms with van der Waals surface area (Å²) in [5.41, 5.74) is 3.45. The number of Topliss-reactive ketones (excluding diaryl/α,β-unsaturated/α-hetero) is 1. The molecule has 0 spiro atoms. The fourth-order valence-corrected chi connectivity index (χ4v) is 5.87. The molecule has 0 saturated carbocycles. The minimum atomic E-state index is -0.483. The standard InChI is InChI=1S/C36H48N6O5/c1-24(2)34(46)35(3,4)19-21-47-36(5,6)18-20-38-29(43)16-17-31(45)41-22-25-12-8-9-13-26(25)33-32(27-14-10-11-15-28(27)41)39-40-42(33)23-30(44)37-7/h8-15,24H,16-23H2,1-7H3,(H,37,44)(H,38,43). The van der Waals surface area contributed by atoms with Gasteiger partial charge in [-0.3, -0.25) is 19.2 Å². The van der Waals surface area contributed by atoms with Crippen molar-refractivity contribution in [2.45, 2.75) is 85.9 Å². The van der Waals surface area contributed by atoms with E-state index in [4.69, 9.17) is 4.74 Å². The third-order valence-electron chi connectivity index (χ3n) is 8.69. The summed E-state index contributed by atoms with van der Waals surface area (Å²) in [6, 6.07) is 15.2. The zero-order chi connectivity index (χ0) is 34.4. The maximum atomic E-state index is 13.8. The topological polar surface area (TPSA) is 136 Å². The number of benzene rings is 2. The van der Waals surface area contributed by atoms with Crippen molar-refractivity contribution < 1.29 is 23.9 Å². The predicted molar refractivity (Wildman–Crippen MR) is 181 cm³/mol. The quantitative estimate of drug-likeness (QED) is 0.254. The van der Waals surface area contributed by atoms with Gasteiger partial charge in [-0.05, 0) is 38.3 Å². The Hall–Kier alpha value is -4.38.